The molecule has 1 amide bonds. The molecule has 16 heavy (non-hydrogen) atoms. The highest BCUT2D eigenvalue weighted by molar-refractivity contribution is 5.52. The molecule has 0 spiro atoms. The molecule has 0 atom stereocenters. The van der Waals surface area contributed by atoms with E-state index >= 15 is 0 Å². The minimum atomic E-state index is 0.572. The van der Waals surface area contributed by atoms with Gasteiger partial charge in [-0.25, -0.2) is 0 Å². The van der Waals surface area contributed by atoms with Gasteiger partial charge in [-0.1, -0.05) is 12.1 Å². The summed E-state index contributed by atoms with van der Waals surface area (Å²) in [5.74, 6) is 0. The smallest absolute Gasteiger partial charge is 0.209 e. The lowest BCUT2D eigenvalue weighted by Crippen LogP contribution is -2.45. The summed E-state index contributed by atoms with van der Waals surface area (Å²) in [5, 5.41) is 0. The lowest BCUT2D eigenvalue weighted by molar-refractivity contribution is -0.118. The van der Waals surface area contributed by atoms with E-state index in [1.165, 1.54) is 5.69 Å². The molecule has 0 aliphatic carbocycles. The summed E-state index contributed by atoms with van der Waals surface area (Å²) < 4.78 is 0. The van der Waals surface area contributed by atoms with Crippen LogP contribution in [-0.2, 0) is 11.3 Å². The van der Waals surface area contributed by atoms with Gasteiger partial charge < -0.3 is 15.5 Å². The molecule has 1 saturated heterocycles. The number of carbonyl (C=O) groups is 1. The first kappa shape index (κ1) is 11.0. The highest BCUT2D eigenvalue weighted by Gasteiger charge is 2.15. The molecule has 0 aromatic heterocycles. The summed E-state index contributed by atoms with van der Waals surface area (Å²) in [4.78, 5) is 14.7. The molecule has 86 valence electrons. The van der Waals surface area contributed by atoms with Gasteiger partial charge in [0.15, 0.2) is 0 Å². The van der Waals surface area contributed by atoms with Gasteiger partial charge in [-0.3, -0.25) is 4.79 Å². The Hall–Kier alpha value is -1.55. The van der Waals surface area contributed by atoms with Crippen molar-refractivity contribution in [2.45, 2.75) is 6.54 Å². The average molecular weight is 219 g/mol. The van der Waals surface area contributed by atoms with Crippen molar-refractivity contribution in [1.29, 1.82) is 0 Å². The number of piperazine rings is 1. The second-order valence-electron chi connectivity index (χ2n) is 4.00. The molecule has 0 radical (unpaired) electrons. The maximum Gasteiger partial charge on any atom is 0.209 e. The summed E-state index contributed by atoms with van der Waals surface area (Å²) in [5.41, 5.74) is 7.97. The van der Waals surface area contributed by atoms with Crippen molar-refractivity contribution in [1.82, 2.24) is 4.90 Å². The van der Waals surface area contributed by atoms with Crippen LogP contribution in [0.4, 0.5) is 5.69 Å². The second kappa shape index (κ2) is 4.99. The molecule has 4 heteroatoms. The highest BCUT2D eigenvalue weighted by atomic mass is 16.1. The van der Waals surface area contributed by atoms with E-state index < -0.39 is 0 Å². The van der Waals surface area contributed by atoms with E-state index in [-0.39, 0.29) is 0 Å². The van der Waals surface area contributed by atoms with Gasteiger partial charge in [-0.05, 0) is 17.7 Å². The van der Waals surface area contributed by atoms with Gasteiger partial charge in [0.1, 0.15) is 0 Å². The van der Waals surface area contributed by atoms with Gasteiger partial charge in [0.2, 0.25) is 6.41 Å². The first-order chi connectivity index (χ1) is 7.83. The lowest BCUT2D eigenvalue weighted by Gasteiger charge is -2.34. The molecular weight excluding hydrogens is 202 g/mol. The number of hydrogen-bond donors (Lipinski definition) is 1. The van der Waals surface area contributed by atoms with Crippen molar-refractivity contribution >= 4 is 12.1 Å². The molecule has 1 aromatic carbocycles. The minimum Gasteiger partial charge on any atom is -0.368 e. The third-order valence-corrected chi connectivity index (χ3v) is 2.97. The largest absolute Gasteiger partial charge is 0.368 e. The van der Waals surface area contributed by atoms with Crippen molar-refractivity contribution in [3.05, 3.63) is 29.8 Å². The lowest BCUT2D eigenvalue weighted by atomic mass is 10.1. The van der Waals surface area contributed by atoms with Crippen LogP contribution in [0.5, 0.6) is 0 Å². The topological polar surface area (TPSA) is 49.6 Å². The third kappa shape index (κ3) is 2.33. The van der Waals surface area contributed by atoms with Crippen LogP contribution in [0.1, 0.15) is 5.56 Å². The second-order valence-corrected chi connectivity index (χ2v) is 4.00. The van der Waals surface area contributed by atoms with E-state index in [2.05, 4.69) is 17.0 Å². The Morgan fingerprint density at radius 1 is 1.25 bits per heavy atom. The van der Waals surface area contributed by atoms with Crippen LogP contribution in [0.25, 0.3) is 0 Å². The fourth-order valence-electron chi connectivity index (χ4n) is 1.97. The van der Waals surface area contributed by atoms with Crippen molar-refractivity contribution in [3.63, 3.8) is 0 Å². The van der Waals surface area contributed by atoms with Crippen LogP contribution in [0.2, 0.25) is 0 Å². The molecule has 0 bridgehead atoms. The highest BCUT2D eigenvalue weighted by Crippen LogP contribution is 2.17. The molecule has 2 N–H and O–H groups in total. The molecule has 1 heterocycles. The van der Waals surface area contributed by atoms with Gasteiger partial charge in [-0.15, -0.1) is 0 Å². The summed E-state index contributed by atoms with van der Waals surface area (Å²) >= 11 is 0. The predicted octanol–water partition coefficient (Wildman–Crippen LogP) is 0.424. The SMILES string of the molecule is NCc1cccc(N2CCN(C=O)CC2)c1. The Bertz CT molecular complexity index is 359. The van der Waals surface area contributed by atoms with Crippen LogP contribution in [0.3, 0.4) is 0 Å². The van der Waals surface area contributed by atoms with Crippen molar-refractivity contribution in [2.24, 2.45) is 5.73 Å². The third-order valence-electron chi connectivity index (χ3n) is 2.97. The number of anilines is 1. The van der Waals surface area contributed by atoms with Gasteiger partial charge >= 0.3 is 0 Å². The monoisotopic (exact) mass is 219 g/mol. The maximum absolute atomic E-state index is 10.6. The first-order valence-corrected chi connectivity index (χ1v) is 5.57. The maximum atomic E-state index is 10.6. The van der Waals surface area contributed by atoms with Crippen LogP contribution in [0.15, 0.2) is 24.3 Å². The molecule has 4 nitrogen and oxygen atoms in total. The molecule has 1 aliphatic heterocycles. The molecule has 2 rings (SSSR count). The number of hydrogen-bond acceptors (Lipinski definition) is 3. The van der Waals surface area contributed by atoms with Crippen molar-refractivity contribution in [2.75, 3.05) is 31.1 Å². The normalized spacial score (nSPS) is 16.3. The molecular formula is C12H17N3O. The first-order valence-electron chi connectivity index (χ1n) is 5.57. The minimum absolute atomic E-state index is 0.572. The Kier molecular flexibility index (Phi) is 3.41. The van der Waals surface area contributed by atoms with Crippen LogP contribution in [-0.4, -0.2) is 37.5 Å². The van der Waals surface area contributed by atoms with Gasteiger partial charge in [0.05, 0.1) is 0 Å². The van der Waals surface area contributed by atoms with Crippen molar-refractivity contribution < 1.29 is 4.79 Å². The molecule has 0 saturated carbocycles. The zero-order valence-electron chi connectivity index (χ0n) is 9.30. The van der Waals surface area contributed by atoms with Gasteiger partial charge in [0.25, 0.3) is 0 Å². The summed E-state index contributed by atoms with van der Waals surface area (Å²) in [6.07, 6.45) is 0.924. The van der Waals surface area contributed by atoms with Crippen LogP contribution < -0.4 is 10.6 Å². The number of nitrogens with zero attached hydrogens (tertiary/aromatic N) is 2. The Balaban J connectivity index is 2.04. The fraction of sp³-hybridized carbons (Fsp3) is 0.417. The average Bonchev–Trinajstić information content (AvgIpc) is 2.39. The van der Waals surface area contributed by atoms with E-state index in [4.69, 9.17) is 5.73 Å². The Labute approximate surface area is 95.6 Å². The van der Waals surface area contributed by atoms with E-state index in [1.807, 2.05) is 17.0 Å². The predicted molar refractivity (Wildman–Crippen MR) is 64.2 cm³/mol. The van der Waals surface area contributed by atoms with E-state index in [9.17, 15) is 4.79 Å². The summed E-state index contributed by atoms with van der Waals surface area (Å²) in [6, 6.07) is 8.28. The molecule has 1 aliphatic rings. The number of amides is 1. The van der Waals surface area contributed by atoms with Gasteiger partial charge in [-0.2, -0.15) is 0 Å². The Morgan fingerprint density at radius 2 is 2.00 bits per heavy atom. The molecule has 0 unspecified atom stereocenters. The zero-order chi connectivity index (χ0) is 11.4. The number of rotatable bonds is 3. The van der Waals surface area contributed by atoms with Crippen LogP contribution >= 0.6 is 0 Å². The number of carbonyl (C=O) groups excluding carboxylic acids is 1. The quantitative estimate of drug-likeness (QED) is 0.750. The zero-order valence-corrected chi connectivity index (χ0v) is 9.30. The molecule has 1 aromatic rings. The van der Waals surface area contributed by atoms with Gasteiger partial charge in [0, 0.05) is 38.4 Å². The Morgan fingerprint density at radius 3 is 2.62 bits per heavy atom. The van der Waals surface area contributed by atoms with Crippen molar-refractivity contribution in [3.8, 4) is 0 Å². The van der Waals surface area contributed by atoms with E-state index in [0.717, 1.165) is 38.2 Å². The van der Waals surface area contributed by atoms with E-state index in [0.29, 0.717) is 6.54 Å². The molecule has 1 fully saturated rings. The number of benzene rings is 1. The summed E-state index contributed by atoms with van der Waals surface area (Å²) in [6.45, 7) is 3.97. The van der Waals surface area contributed by atoms with E-state index in [1.54, 1.807) is 0 Å². The van der Waals surface area contributed by atoms with Crippen LogP contribution in [0, 0.1) is 0 Å². The number of nitrogens with two attached hydrogens (primary N) is 1. The summed E-state index contributed by atoms with van der Waals surface area (Å²) in [7, 11) is 0. The fourth-order valence-corrected chi connectivity index (χ4v) is 1.97. The standard InChI is InChI=1S/C12H17N3O/c13-9-11-2-1-3-12(8-11)15-6-4-14(10-16)5-7-15/h1-3,8,10H,4-7,9,13H2.